The summed E-state index contributed by atoms with van der Waals surface area (Å²) in [6.45, 7) is 10.2. The molecule has 0 fully saturated rings. The van der Waals surface area contributed by atoms with E-state index in [0.29, 0.717) is 18.1 Å². The zero-order valence-corrected chi connectivity index (χ0v) is 24.3. The summed E-state index contributed by atoms with van der Waals surface area (Å²) in [4.78, 5) is 26.2. The van der Waals surface area contributed by atoms with Crippen LogP contribution in [0.5, 0.6) is 11.5 Å². The minimum atomic E-state index is -1.04. The number of amides is 1. The minimum Gasteiger partial charge on any atom is -0.491 e. The van der Waals surface area contributed by atoms with Gasteiger partial charge in [-0.15, -0.1) is 0 Å². The largest absolute Gasteiger partial charge is 0.491 e. The molecule has 1 amide bonds. The molecule has 40 heavy (non-hydrogen) atoms. The third kappa shape index (κ3) is 7.65. The van der Waals surface area contributed by atoms with Gasteiger partial charge in [0.1, 0.15) is 23.6 Å². The van der Waals surface area contributed by atoms with E-state index in [1.54, 1.807) is 0 Å². The van der Waals surface area contributed by atoms with E-state index in [1.165, 1.54) is 16.0 Å². The molecule has 212 valence electrons. The summed E-state index contributed by atoms with van der Waals surface area (Å²) in [6.07, 6.45) is 2.34. The number of carbonyl (C=O) groups excluding carboxylic acids is 1. The number of carboxylic acids is 1. The Balaban J connectivity index is 1.39. The molecule has 1 aliphatic rings. The van der Waals surface area contributed by atoms with Gasteiger partial charge >= 0.3 is 5.97 Å². The number of aliphatic carboxylic acids is 1. The number of carboxylic acid groups (broad SMARTS) is 1. The van der Waals surface area contributed by atoms with Gasteiger partial charge in [-0.2, -0.15) is 0 Å². The highest BCUT2D eigenvalue weighted by atomic mass is 16.5. The molecular formula is C34H41NO5. The van der Waals surface area contributed by atoms with Crippen molar-refractivity contribution < 1.29 is 24.2 Å². The van der Waals surface area contributed by atoms with Gasteiger partial charge in [0.15, 0.2) is 0 Å². The molecule has 4 rings (SSSR count). The number of nitrogens with zero attached hydrogens (tertiary/aromatic N) is 1. The van der Waals surface area contributed by atoms with E-state index in [0.717, 1.165) is 35.3 Å². The van der Waals surface area contributed by atoms with Crippen LogP contribution in [0.15, 0.2) is 66.7 Å². The molecule has 1 atom stereocenters. The van der Waals surface area contributed by atoms with Crippen molar-refractivity contribution in [1.82, 2.24) is 4.90 Å². The van der Waals surface area contributed by atoms with E-state index in [4.69, 9.17) is 9.47 Å². The zero-order valence-electron chi connectivity index (χ0n) is 24.3. The fraction of sp³-hybridized carbons (Fsp3) is 0.412. The molecule has 1 heterocycles. The summed E-state index contributed by atoms with van der Waals surface area (Å²) in [5.41, 5.74) is 5.25. The Morgan fingerprint density at radius 3 is 2.38 bits per heavy atom. The summed E-state index contributed by atoms with van der Waals surface area (Å²) in [5, 5.41) is 9.47. The Bertz CT molecular complexity index is 1330. The van der Waals surface area contributed by atoms with Gasteiger partial charge in [0.2, 0.25) is 5.91 Å². The Morgan fingerprint density at radius 2 is 1.70 bits per heavy atom. The summed E-state index contributed by atoms with van der Waals surface area (Å²) in [5.74, 6) is 0.827. The van der Waals surface area contributed by atoms with Crippen LogP contribution in [-0.4, -0.2) is 40.1 Å². The molecule has 0 aromatic heterocycles. The number of carbonyl (C=O) groups is 2. The van der Waals surface area contributed by atoms with Crippen molar-refractivity contribution in [2.45, 2.75) is 84.5 Å². The Morgan fingerprint density at radius 1 is 1.00 bits per heavy atom. The predicted molar refractivity (Wildman–Crippen MR) is 157 cm³/mol. The number of ether oxygens (including phenoxy) is 2. The van der Waals surface area contributed by atoms with E-state index in [2.05, 4.69) is 51.1 Å². The average molecular weight is 544 g/mol. The van der Waals surface area contributed by atoms with E-state index >= 15 is 0 Å². The van der Waals surface area contributed by atoms with Gasteiger partial charge in [-0.1, -0.05) is 68.4 Å². The molecule has 6 heteroatoms. The van der Waals surface area contributed by atoms with E-state index in [-0.39, 0.29) is 37.1 Å². The third-order valence-electron chi connectivity index (χ3n) is 7.27. The second-order valence-corrected chi connectivity index (χ2v) is 11.7. The van der Waals surface area contributed by atoms with Crippen molar-refractivity contribution in [2.24, 2.45) is 0 Å². The minimum absolute atomic E-state index is 0.0270. The van der Waals surface area contributed by atoms with Crippen LogP contribution in [0.25, 0.3) is 0 Å². The van der Waals surface area contributed by atoms with Crippen LogP contribution in [0.3, 0.4) is 0 Å². The van der Waals surface area contributed by atoms with Gasteiger partial charge in [0.25, 0.3) is 0 Å². The first-order valence-electron chi connectivity index (χ1n) is 14.1. The molecule has 0 spiro atoms. The SMILES string of the molecule is CC(C)Oc1ccccc1CN(CC(=O)O)C(=O)CCc1ccc2c(c1)CC(C)(Cc1ccc(C(C)C)cc1)O2. The number of hydrogen-bond acceptors (Lipinski definition) is 4. The van der Waals surface area contributed by atoms with Crippen molar-refractivity contribution in [2.75, 3.05) is 6.54 Å². The highest BCUT2D eigenvalue weighted by Gasteiger charge is 2.35. The first kappa shape index (κ1) is 29.2. The van der Waals surface area contributed by atoms with Crippen molar-refractivity contribution in [3.8, 4) is 11.5 Å². The normalized spacial score (nSPS) is 16.1. The van der Waals surface area contributed by atoms with Crippen LogP contribution in [0, 0.1) is 0 Å². The van der Waals surface area contributed by atoms with Gasteiger partial charge in [-0.25, -0.2) is 0 Å². The standard InChI is InChI=1S/C34H41NO5/c1-23(2)27-14-10-26(11-15-27)19-34(5)20-29-18-25(12-16-31(29)40-34)13-17-32(36)35(22-33(37)38)21-28-8-6-7-9-30(28)39-24(3)4/h6-12,14-16,18,23-24H,13,17,19-22H2,1-5H3,(H,37,38). The highest BCUT2D eigenvalue weighted by molar-refractivity contribution is 5.81. The number of fused-ring (bicyclic) bond motifs is 1. The molecule has 0 aliphatic carbocycles. The Kier molecular flexibility index (Phi) is 9.18. The summed E-state index contributed by atoms with van der Waals surface area (Å²) < 4.78 is 12.3. The van der Waals surface area contributed by atoms with E-state index in [1.807, 2.05) is 50.2 Å². The number of aryl methyl sites for hydroxylation is 1. The molecule has 1 unspecified atom stereocenters. The molecule has 0 radical (unpaired) electrons. The van der Waals surface area contributed by atoms with Crippen LogP contribution >= 0.6 is 0 Å². The van der Waals surface area contributed by atoms with Gasteiger partial charge in [-0.3, -0.25) is 9.59 Å². The highest BCUT2D eigenvalue weighted by Crippen LogP contribution is 2.38. The lowest BCUT2D eigenvalue weighted by Gasteiger charge is -2.24. The van der Waals surface area contributed by atoms with Crippen LogP contribution in [0.1, 0.15) is 74.8 Å². The van der Waals surface area contributed by atoms with Crippen molar-refractivity contribution >= 4 is 11.9 Å². The molecule has 3 aromatic carbocycles. The third-order valence-corrected chi connectivity index (χ3v) is 7.27. The second kappa shape index (κ2) is 12.6. The van der Waals surface area contributed by atoms with Crippen LogP contribution in [0.2, 0.25) is 0 Å². The van der Waals surface area contributed by atoms with Crippen molar-refractivity contribution in [1.29, 1.82) is 0 Å². The van der Waals surface area contributed by atoms with Gasteiger partial charge in [-0.05, 0) is 67.5 Å². The van der Waals surface area contributed by atoms with Crippen LogP contribution in [-0.2, 0) is 35.4 Å². The fourth-order valence-corrected chi connectivity index (χ4v) is 5.30. The number of hydrogen-bond donors (Lipinski definition) is 1. The first-order chi connectivity index (χ1) is 19.0. The summed E-state index contributed by atoms with van der Waals surface area (Å²) in [6, 6.07) is 22.4. The summed E-state index contributed by atoms with van der Waals surface area (Å²) >= 11 is 0. The number of para-hydroxylation sites is 1. The van der Waals surface area contributed by atoms with Gasteiger partial charge in [0, 0.05) is 31.4 Å². The monoisotopic (exact) mass is 543 g/mol. The maximum absolute atomic E-state index is 13.2. The Labute approximate surface area is 237 Å². The lowest BCUT2D eigenvalue weighted by molar-refractivity contribution is -0.144. The second-order valence-electron chi connectivity index (χ2n) is 11.7. The van der Waals surface area contributed by atoms with Gasteiger partial charge in [0.05, 0.1) is 6.10 Å². The first-order valence-corrected chi connectivity index (χ1v) is 14.1. The number of rotatable bonds is 12. The van der Waals surface area contributed by atoms with Crippen molar-refractivity contribution in [3.05, 3.63) is 94.5 Å². The predicted octanol–water partition coefficient (Wildman–Crippen LogP) is 6.58. The molecule has 0 saturated heterocycles. The van der Waals surface area contributed by atoms with Crippen molar-refractivity contribution in [3.63, 3.8) is 0 Å². The molecule has 3 aromatic rings. The van der Waals surface area contributed by atoms with Crippen LogP contribution in [0.4, 0.5) is 0 Å². The summed E-state index contributed by atoms with van der Waals surface area (Å²) in [7, 11) is 0. The molecule has 0 bridgehead atoms. The average Bonchev–Trinajstić information content (AvgIpc) is 3.22. The smallest absolute Gasteiger partial charge is 0.323 e. The van der Waals surface area contributed by atoms with E-state index < -0.39 is 5.97 Å². The molecule has 6 nitrogen and oxygen atoms in total. The lowest BCUT2D eigenvalue weighted by atomic mass is 9.90. The molecular weight excluding hydrogens is 502 g/mol. The topological polar surface area (TPSA) is 76.1 Å². The van der Waals surface area contributed by atoms with Crippen LogP contribution < -0.4 is 9.47 Å². The number of benzene rings is 3. The lowest BCUT2D eigenvalue weighted by Crippen LogP contribution is -2.35. The quantitative estimate of drug-likeness (QED) is 0.279. The maximum atomic E-state index is 13.2. The zero-order chi connectivity index (χ0) is 28.9. The fourth-order valence-electron chi connectivity index (χ4n) is 5.30. The Hall–Kier alpha value is -3.80. The van der Waals surface area contributed by atoms with E-state index in [9.17, 15) is 14.7 Å². The molecule has 1 aliphatic heterocycles. The maximum Gasteiger partial charge on any atom is 0.323 e. The molecule has 1 N–H and O–H groups in total. The molecule has 0 saturated carbocycles. The van der Waals surface area contributed by atoms with Gasteiger partial charge < -0.3 is 19.5 Å².